The van der Waals surface area contributed by atoms with Gasteiger partial charge in [0.05, 0.1) is 66.2 Å². The molecule has 0 unspecified atom stereocenters. The summed E-state index contributed by atoms with van der Waals surface area (Å²) in [6.07, 6.45) is 8.01. The highest BCUT2D eigenvalue weighted by Gasteiger charge is 2.40. The number of aryl methyl sites for hydroxylation is 8. The Morgan fingerprint density at radius 2 is 0.471 bits per heavy atom. The first-order valence-electron chi connectivity index (χ1n) is 27.3. The van der Waals surface area contributed by atoms with Crippen molar-refractivity contribution in [3.05, 3.63) is 104 Å². The van der Waals surface area contributed by atoms with Crippen LogP contribution in [0.15, 0.2) is 48.5 Å². The molecule has 70 heavy (non-hydrogen) atoms. The maximum absolute atomic E-state index is 2.90. The van der Waals surface area contributed by atoms with Gasteiger partial charge in [0.25, 0.3) is 0 Å². The molecule has 0 saturated carbocycles. The molecule has 9 aromatic heterocycles. The Labute approximate surface area is 409 Å². The van der Waals surface area contributed by atoms with Crippen LogP contribution in [0.2, 0.25) is 0 Å². The predicted octanol–water partition coefficient (Wildman–Crippen LogP) is 18.0. The molecule has 0 aliphatic rings. The fourth-order valence-corrected chi connectivity index (χ4v) is 16.0. The molecule has 15 rings (SSSR count). The third kappa shape index (κ3) is 4.17. The van der Waals surface area contributed by atoms with Crippen LogP contribution in [0.5, 0.6) is 0 Å². The van der Waals surface area contributed by atoms with Crippen LogP contribution in [0.3, 0.4) is 0 Å². The first-order chi connectivity index (χ1) is 33.8. The first kappa shape index (κ1) is 41.5. The van der Waals surface area contributed by atoms with E-state index in [0.29, 0.717) is 0 Å². The minimum absolute atomic E-state index is 0.00940. The standard InChI is InChI=1S/C66H66N4/c1-15-33-35(17-3)55-57-37(19-5)39(21-7)59-60-40(22-8)38(20-6)58-56-36(18-4)34(16-2)54-48-44-30-26-32(66(12,13)14)24-28-42(44)46-45-41-27-23-31(65(9,10)11)25-29-43(41)47-49(45)51-52(50(46)48)62(68(54)56)64(70(58)60)63(69(57)59)61(51)67(55)53(33)47/h23-30H,15-22H2,1-14H3. The van der Waals surface area contributed by atoms with Crippen LogP contribution in [-0.2, 0) is 62.2 Å². The highest BCUT2D eigenvalue weighted by atomic mass is 15.1. The van der Waals surface area contributed by atoms with Crippen molar-refractivity contribution < 1.29 is 0 Å². The number of pyridine rings is 2. The topological polar surface area (TPSA) is 17.6 Å². The summed E-state index contributed by atoms with van der Waals surface area (Å²) >= 11 is 0. The van der Waals surface area contributed by atoms with E-state index in [2.05, 4.69) is 163 Å². The van der Waals surface area contributed by atoms with E-state index < -0.39 is 0 Å². The highest BCUT2D eigenvalue weighted by Crippen LogP contribution is 2.61. The van der Waals surface area contributed by atoms with E-state index in [0.717, 1.165) is 51.4 Å². The van der Waals surface area contributed by atoms with Gasteiger partial charge in [-0.3, -0.25) is 0 Å². The number of nitrogens with zero attached hydrogens (tertiary/aromatic N) is 4. The Bertz CT molecular complexity index is 4420. The van der Waals surface area contributed by atoms with Crippen LogP contribution in [0.25, 0.3) is 131 Å². The third-order valence-electron chi connectivity index (χ3n) is 18.7. The van der Waals surface area contributed by atoms with E-state index in [1.54, 1.807) is 33.4 Å². The number of aromatic nitrogens is 4. The molecular formula is C66H66N4. The molecule has 0 atom stereocenters. The van der Waals surface area contributed by atoms with Crippen molar-refractivity contribution in [2.45, 2.75) is 159 Å². The summed E-state index contributed by atoms with van der Waals surface area (Å²) in [6.45, 7) is 33.7. The monoisotopic (exact) mass is 915 g/mol. The zero-order valence-corrected chi connectivity index (χ0v) is 44.1. The quantitative estimate of drug-likeness (QED) is 0.107. The molecule has 0 spiro atoms. The molecule has 0 aliphatic heterocycles. The SMILES string of the molecule is CCc1c(CC)c2c3c(CC)c(CC)c4c5c(CC)c(CC)c6c7c(CC)c(CC)c8c9c%10ccc(C(C)(C)C)ccc%10c%10c%11c%12ccc(C(C)(C)C)ccc%12c%12c%11c%11c(c%109)c(c(c(c%11n2c1%12)n34)n65)n87. The average Bonchev–Trinajstić information content (AvgIpc) is 4.10. The second-order valence-corrected chi connectivity index (χ2v) is 23.6. The fourth-order valence-electron chi connectivity index (χ4n) is 16.0. The van der Waals surface area contributed by atoms with Crippen molar-refractivity contribution in [1.29, 1.82) is 0 Å². The average molecular weight is 915 g/mol. The van der Waals surface area contributed by atoms with Crippen molar-refractivity contribution in [1.82, 2.24) is 17.6 Å². The highest BCUT2D eigenvalue weighted by molar-refractivity contribution is 6.56. The number of hydrogen-bond donors (Lipinski definition) is 0. The Morgan fingerprint density at radius 1 is 0.243 bits per heavy atom. The van der Waals surface area contributed by atoms with Gasteiger partial charge in [-0.25, -0.2) is 0 Å². The van der Waals surface area contributed by atoms with Gasteiger partial charge in [-0.1, -0.05) is 145 Å². The van der Waals surface area contributed by atoms with Gasteiger partial charge >= 0.3 is 0 Å². The van der Waals surface area contributed by atoms with Crippen LogP contribution < -0.4 is 0 Å². The van der Waals surface area contributed by atoms with E-state index in [1.165, 1.54) is 153 Å². The molecule has 6 aromatic carbocycles. The minimum atomic E-state index is 0.00940. The first-order valence-corrected chi connectivity index (χ1v) is 27.3. The van der Waals surface area contributed by atoms with Crippen LogP contribution in [0.1, 0.15) is 153 Å². The summed E-state index contributed by atoms with van der Waals surface area (Å²) in [4.78, 5) is 0. The minimum Gasteiger partial charge on any atom is -0.304 e. The fraction of sp³-hybridized carbons (Fsp3) is 0.364. The third-order valence-corrected chi connectivity index (χ3v) is 18.7. The molecule has 0 fully saturated rings. The predicted molar refractivity (Wildman–Crippen MR) is 305 cm³/mol. The molecule has 0 N–H and O–H groups in total. The molecule has 0 aliphatic carbocycles. The molecule has 0 amide bonds. The largest absolute Gasteiger partial charge is 0.304 e. The van der Waals surface area contributed by atoms with Gasteiger partial charge < -0.3 is 17.6 Å². The zero-order valence-electron chi connectivity index (χ0n) is 44.1. The van der Waals surface area contributed by atoms with Crippen molar-refractivity contribution >= 4 is 131 Å². The summed E-state index contributed by atoms with van der Waals surface area (Å²) in [5.41, 5.74) is 32.5. The van der Waals surface area contributed by atoms with Gasteiger partial charge in [-0.15, -0.1) is 0 Å². The van der Waals surface area contributed by atoms with Crippen LogP contribution in [0.4, 0.5) is 0 Å². The molecule has 0 radical (unpaired) electrons. The second kappa shape index (κ2) is 13.0. The number of fused-ring (bicyclic) bond motifs is 12. The van der Waals surface area contributed by atoms with Crippen molar-refractivity contribution in [2.75, 3.05) is 0 Å². The van der Waals surface area contributed by atoms with Crippen molar-refractivity contribution in [3.63, 3.8) is 0 Å². The zero-order chi connectivity index (χ0) is 48.3. The van der Waals surface area contributed by atoms with E-state index in [-0.39, 0.29) is 10.8 Å². The lowest BCUT2D eigenvalue weighted by atomic mass is 9.87. The Kier molecular flexibility index (Phi) is 7.70. The second-order valence-electron chi connectivity index (χ2n) is 23.6. The lowest BCUT2D eigenvalue weighted by Gasteiger charge is -2.26. The van der Waals surface area contributed by atoms with Gasteiger partial charge in [0, 0.05) is 32.3 Å². The lowest BCUT2D eigenvalue weighted by Crippen LogP contribution is -2.10. The van der Waals surface area contributed by atoms with E-state index in [4.69, 9.17) is 0 Å². The Balaban J connectivity index is 1.44. The van der Waals surface area contributed by atoms with Crippen molar-refractivity contribution in [2.24, 2.45) is 0 Å². The normalized spacial score (nSPS) is 14.0. The maximum atomic E-state index is 2.90. The summed E-state index contributed by atoms with van der Waals surface area (Å²) < 4.78 is 11.6. The van der Waals surface area contributed by atoms with E-state index >= 15 is 0 Å². The number of rotatable bonds is 8. The Hall–Kier alpha value is -6.26. The van der Waals surface area contributed by atoms with Crippen LogP contribution >= 0.6 is 0 Å². The molecule has 4 nitrogen and oxygen atoms in total. The molecule has 4 heteroatoms. The summed E-state index contributed by atoms with van der Waals surface area (Å²) in [5.74, 6) is 0. The van der Waals surface area contributed by atoms with Gasteiger partial charge in [0.1, 0.15) is 0 Å². The molecule has 0 bridgehead atoms. The number of hydrogen-bond acceptors (Lipinski definition) is 0. The summed E-state index contributed by atoms with van der Waals surface area (Å²) in [7, 11) is 0. The molecule has 0 saturated heterocycles. The van der Waals surface area contributed by atoms with E-state index in [1.807, 2.05) is 0 Å². The van der Waals surface area contributed by atoms with Crippen LogP contribution in [0, 0.1) is 0 Å². The molecule has 9 heterocycles. The maximum Gasteiger partial charge on any atom is 0.0977 e. The van der Waals surface area contributed by atoms with Gasteiger partial charge in [0.2, 0.25) is 0 Å². The number of benzene rings is 2. The lowest BCUT2D eigenvalue weighted by molar-refractivity contribution is 0.590. The Morgan fingerprint density at radius 3 is 0.714 bits per heavy atom. The van der Waals surface area contributed by atoms with Crippen molar-refractivity contribution in [3.8, 4) is 0 Å². The summed E-state index contributed by atoms with van der Waals surface area (Å²) in [6, 6.07) is 20.1. The smallest absolute Gasteiger partial charge is 0.0977 e. The van der Waals surface area contributed by atoms with E-state index in [9.17, 15) is 0 Å². The van der Waals surface area contributed by atoms with Gasteiger partial charge in [0.15, 0.2) is 0 Å². The molecular weight excluding hydrogens is 849 g/mol. The van der Waals surface area contributed by atoms with Gasteiger partial charge in [-0.05, 0) is 150 Å². The molecule has 15 aromatic rings. The van der Waals surface area contributed by atoms with Gasteiger partial charge in [-0.2, -0.15) is 0 Å². The van der Waals surface area contributed by atoms with Crippen LogP contribution in [-0.4, -0.2) is 17.6 Å². The summed E-state index contributed by atoms with van der Waals surface area (Å²) in [5, 5.41) is 17.3. The molecule has 350 valence electrons.